The first-order chi connectivity index (χ1) is 9.20. The van der Waals surface area contributed by atoms with Crippen LogP contribution in [0.1, 0.15) is 35.9 Å². The Labute approximate surface area is 112 Å². The van der Waals surface area contributed by atoms with Crippen LogP contribution in [0.25, 0.3) is 11.5 Å². The second kappa shape index (κ2) is 6.13. The van der Waals surface area contributed by atoms with Gasteiger partial charge in [0.15, 0.2) is 5.82 Å². The highest BCUT2D eigenvalue weighted by atomic mass is 16.5. The summed E-state index contributed by atoms with van der Waals surface area (Å²) in [6, 6.07) is 7.13. The molecule has 0 aliphatic carbocycles. The fourth-order valence-electron chi connectivity index (χ4n) is 1.66. The van der Waals surface area contributed by atoms with Crippen LogP contribution in [0.4, 0.5) is 0 Å². The molecule has 0 bridgehead atoms. The second-order valence-electron chi connectivity index (χ2n) is 4.33. The molecule has 0 radical (unpaired) electrons. The van der Waals surface area contributed by atoms with E-state index in [9.17, 15) is 4.79 Å². The Morgan fingerprint density at radius 1 is 1.32 bits per heavy atom. The van der Waals surface area contributed by atoms with Crippen LogP contribution in [0.3, 0.4) is 0 Å². The van der Waals surface area contributed by atoms with Gasteiger partial charge in [-0.05, 0) is 37.6 Å². The van der Waals surface area contributed by atoms with Crippen LogP contribution in [0, 0.1) is 6.92 Å². The molecule has 0 aliphatic rings. The lowest BCUT2D eigenvalue weighted by molar-refractivity contribution is 0.0953. The predicted molar refractivity (Wildman–Crippen MR) is 71.7 cm³/mol. The maximum absolute atomic E-state index is 11.8. The van der Waals surface area contributed by atoms with E-state index in [0.29, 0.717) is 23.8 Å². The van der Waals surface area contributed by atoms with Crippen molar-refractivity contribution in [1.82, 2.24) is 15.5 Å². The summed E-state index contributed by atoms with van der Waals surface area (Å²) in [5.74, 6) is 1.01. The molecule has 0 spiro atoms. The van der Waals surface area contributed by atoms with Crippen LogP contribution in [0.2, 0.25) is 0 Å². The second-order valence-corrected chi connectivity index (χ2v) is 4.33. The number of benzene rings is 1. The molecule has 1 heterocycles. The number of hydrogen-bond acceptors (Lipinski definition) is 4. The molecule has 0 saturated carbocycles. The van der Waals surface area contributed by atoms with Crippen LogP contribution in [0.5, 0.6) is 0 Å². The zero-order valence-corrected chi connectivity index (χ0v) is 11.1. The minimum absolute atomic E-state index is 0.0540. The van der Waals surface area contributed by atoms with Gasteiger partial charge < -0.3 is 9.84 Å². The van der Waals surface area contributed by atoms with Gasteiger partial charge in [-0.15, -0.1) is 0 Å². The first-order valence-corrected chi connectivity index (χ1v) is 6.39. The predicted octanol–water partition coefficient (Wildman–Crippen LogP) is 2.57. The van der Waals surface area contributed by atoms with Crippen molar-refractivity contribution in [2.75, 3.05) is 6.54 Å². The number of unbranched alkanes of at least 4 members (excludes halogenated alkanes) is 1. The zero-order chi connectivity index (χ0) is 13.7. The summed E-state index contributed by atoms with van der Waals surface area (Å²) in [6.45, 7) is 4.57. The Balaban J connectivity index is 2.04. The van der Waals surface area contributed by atoms with Crippen molar-refractivity contribution in [2.45, 2.75) is 26.7 Å². The van der Waals surface area contributed by atoms with Gasteiger partial charge in [-0.1, -0.05) is 18.5 Å². The first-order valence-electron chi connectivity index (χ1n) is 6.39. The SMILES string of the molecule is CCCCNC(=O)c1ccc(-c2nc(C)no2)cc1. The Hall–Kier alpha value is -2.17. The Bertz CT molecular complexity index is 546. The largest absolute Gasteiger partial charge is 0.352 e. The Morgan fingerprint density at radius 3 is 2.63 bits per heavy atom. The summed E-state index contributed by atoms with van der Waals surface area (Å²) in [5.41, 5.74) is 1.45. The van der Waals surface area contributed by atoms with E-state index in [0.717, 1.165) is 18.4 Å². The van der Waals surface area contributed by atoms with E-state index in [-0.39, 0.29) is 5.91 Å². The van der Waals surface area contributed by atoms with E-state index in [1.165, 1.54) is 0 Å². The minimum atomic E-state index is -0.0540. The molecular weight excluding hydrogens is 242 g/mol. The highest BCUT2D eigenvalue weighted by Gasteiger charge is 2.08. The first kappa shape index (κ1) is 13.3. The molecule has 0 fully saturated rings. The quantitative estimate of drug-likeness (QED) is 0.838. The number of aryl methyl sites for hydroxylation is 1. The van der Waals surface area contributed by atoms with Gasteiger partial charge >= 0.3 is 0 Å². The zero-order valence-electron chi connectivity index (χ0n) is 11.1. The molecule has 100 valence electrons. The number of rotatable bonds is 5. The highest BCUT2D eigenvalue weighted by molar-refractivity contribution is 5.94. The summed E-state index contributed by atoms with van der Waals surface area (Å²) in [5, 5.41) is 6.61. The van der Waals surface area contributed by atoms with Crippen molar-refractivity contribution in [1.29, 1.82) is 0 Å². The molecule has 1 aromatic carbocycles. The smallest absolute Gasteiger partial charge is 0.257 e. The number of carbonyl (C=O) groups excluding carboxylic acids is 1. The van der Waals surface area contributed by atoms with Gasteiger partial charge in [0.05, 0.1) is 0 Å². The van der Waals surface area contributed by atoms with E-state index in [1.807, 2.05) is 12.1 Å². The third-order valence-corrected chi connectivity index (χ3v) is 2.74. The summed E-state index contributed by atoms with van der Waals surface area (Å²) < 4.78 is 5.07. The van der Waals surface area contributed by atoms with E-state index >= 15 is 0 Å². The highest BCUT2D eigenvalue weighted by Crippen LogP contribution is 2.17. The summed E-state index contributed by atoms with van der Waals surface area (Å²) >= 11 is 0. The maximum Gasteiger partial charge on any atom is 0.257 e. The molecule has 19 heavy (non-hydrogen) atoms. The lowest BCUT2D eigenvalue weighted by atomic mass is 10.1. The van der Waals surface area contributed by atoms with E-state index in [2.05, 4.69) is 22.4 Å². The lowest BCUT2D eigenvalue weighted by Gasteiger charge is -2.04. The third kappa shape index (κ3) is 3.40. The molecule has 1 amide bonds. The molecule has 0 unspecified atom stereocenters. The molecule has 1 N–H and O–H groups in total. The lowest BCUT2D eigenvalue weighted by Crippen LogP contribution is -2.24. The molecule has 2 rings (SSSR count). The fraction of sp³-hybridized carbons (Fsp3) is 0.357. The van der Waals surface area contributed by atoms with Gasteiger partial charge in [-0.25, -0.2) is 0 Å². The van der Waals surface area contributed by atoms with Crippen LogP contribution >= 0.6 is 0 Å². The topological polar surface area (TPSA) is 68.0 Å². The van der Waals surface area contributed by atoms with Crippen molar-refractivity contribution >= 4 is 5.91 Å². The summed E-state index contributed by atoms with van der Waals surface area (Å²) in [4.78, 5) is 15.9. The van der Waals surface area contributed by atoms with E-state index in [1.54, 1.807) is 19.1 Å². The van der Waals surface area contributed by atoms with Crippen molar-refractivity contribution in [3.8, 4) is 11.5 Å². The van der Waals surface area contributed by atoms with Crippen LogP contribution in [-0.4, -0.2) is 22.6 Å². The van der Waals surface area contributed by atoms with Crippen molar-refractivity contribution in [3.63, 3.8) is 0 Å². The number of hydrogen-bond donors (Lipinski definition) is 1. The molecular formula is C14H17N3O2. The van der Waals surface area contributed by atoms with Gasteiger partial charge in [0, 0.05) is 17.7 Å². The Morgan fingerprint density at radius 2 is 2.05 bits per heavy atom. The molecule has 2 aromatic rings. The Kier molecular flexibility index (Phi) is 4.28. The number of carbonyl (C=O) groups is 1. The summed E-state index contributed by atoms with van der Waals surface area (Å²) in [6.07, 6.45) is 2.06. The molecule has 5 heteroatoms. The van der Waals surface area contributed by atoms with Crippen LogP contribution in [-0.2, 0) is 0 Å². The minimum Gasteiger partial charge on any atom is -0.352 e. The number of aromatic nitrogens is 2. The van der Waals surface area contributed by atoms with Gasteiger partial charge in [-0.3, -0.25) is 4.79 Å². The molecule has 1 aromatic heterocycles. The number of nitrogens with one attached hydrogen (secondary N) is 1. The van der Waals surface area contributed by atoms with Crippen molar-refractivity contribution in [2.24, 2.45) is 0 Å². The number of nitrogens with zero attached hydrogens (tertiary/aromatic N) is 2. The van der Waals surface area contributed by atoms with Crippen molar-refractivity contribution < 1.29 is 9.32 Å². The number of amides is 1. The maximum atomic E-state index is 11.8. The average Bonchev–Trinajstić information content (AvgIpc) is 2.86. The molecule has 0 saturated heterocycles. The van der Waals surface area contributed by atoms with Gasteiger partial charge in [-0.2, -0.15) is 4.98 Å². The van der Waals surface area contributed by atoms with E-state index < -0.39 is 0 Å². The molecule has 0 aliphatic heterocycles. The third-order valence-electron chi connectivity index (χ3n) is 2.74. The fourth-order valence-corrected chi connectivity index (χ4v) is 1.66. The van der Waals surface area contributed by atoms with Gasteiger partial charge in [0.2, 0.25) is 0 Å². The van der Waals surface area contributed by atoms with Crippen molar-refractivity contribution in [3.05, 3.63) is 35.7 Å². The standard InChI is InChI=1S/C14H17N3O2/c1-3-4-9-15-13(18)11-5-7-12(8-6-11)14-16-10(2)17-19-14/h5-8H,3-4,9H2,1-2H3,(H,15,18). The normalized spacial score (nSPS) is 10.4. The summed E-state index contributed by atoms with van der Waals surface area (Å²) in [7, 11) is 0. The molecule has 5 nitrogen and oxygen atoms in total. The monoisotopic (exact) mass is 259 g/mol. The van der Waals surface area contributed by atoms with Gasteiger partial charge in [0.1, 0.15) is 0 Å². The average molecular weight is 259 g/mol. The van der Waals surface area contributed by atoms with Crippen LogP contribution in [0.15, 0.2) is 28.8 Å². The van der Waals surface area contributed by atoms with Gasteiger partial charge in [0.25, 0.3) is 11.8 Å². The van der Waals surface area contributed by atoms with E-state index in [4.69, 9.17) is 4.52 Å². The van der Waals surface area contributed by atoms with Crippen LogP contribution < -0.4 is 5.32 Å². The molecule has 0 atom stereocenters.